The van der Waals surface area contributed by atoms with Gasteiger partial charge in [-0.05, 0) is 37.4 Å². The molecule has 2 saturated heterocycles. The molecule has 0 aromatic carbocycles. The van der Waals surface area contributed by atoms with Crippen LogP contribution in [-0.4, -0.2) is 70.2 Å². The minimum atomic E-state index is -0.469. The molecule has 0 bridgehead atoms. The van der Waals surface area contributed by atoms with Crippen LogP contribution < -0.4 is 5.32 Å². The number of aryl methyl sites for hydroxylation is 1. The number of thiophene rings is 1. The lowest BCUT2D eigenvalue weighted by atomic mass is 9.83. The summed E-state index contributed by atoms with van der Waals surface area (Å²) < 4.78 is 1.65. The quantitative estimate of drug-likeness (QED) is 0.858. The molecule has 0 saturated carbocycles. The first-order valence-corrected chi connectivity index (χ1v) is 9.76. The van der Waals surface area contributed by atoms with Gasteiger partial charge in [-0.1, -0.05) is 6.07 Å². The summed E-state index contributed by atoms with van der Waals surface area (Å²) in [6, 6.07) is 5.84. The van der Waals surface area contributed by atoms with Crippen molar-refractivity contribution in [3.63, 3.8) is 0 Å². The molecule has 0 radical (unpaired) electrons. The van der Waals surface area contributed by atoms with Gasteiger partial charge in [0, 0.05) is 33.2 Å². The van der Waals surface area contributed by atoms with Crippen LogP contribution in [-0.2, 0) is 11.8 Å². The second kappa shape index (κ2) is 6.51. The van der Waals surface area contributed by atoms with Gasteiger partial charge in [0.25, 0.3) is 5.91 Å². The molecule has 2 aromatic heterocycles. The molecule has 0 unspecified atom stereocenters. The number of nitrogens with one attached hydrogen (secondary N) is 1. The van der Waals surface area contributed by atoms with Crippen LogP contribution in [0, 0.1) is 0 Å². The van der Waals surface area contributed by atoms with Crippen molar-refractivity contribution >= 4 is 23.2 Å². The molecule has 4 rings (SSSR count). The Morgan fingerprint density at radius 2 is 2.04 bits per heavy atom. The molecule has 0 aliphatic carbocycles. The molecule has 1 spiro atoms. The van der Waals surface area contributed by atoms with E-state index in [9.17, 15) is 9.59 Å². The van der Waals surface area contributed by atoms with Crippen LogP contribution in [0.4, 0.5) is 0 Å². The third-order valence-corrected chi connectivity index (χ3v) is 6.53. The van der Waals surface area contributed by atoms with Crippen LogP contribution >= 0.6 is 11.3 Å². The molecule has 2 aromatic rings. The summed E-state index contributed by atoms with van der Waals surface area (Å²) in [4.78, 5) is 30.5. The second-order valence-electron chi connectivity index (χ2n) is 7.02. The fraction of sp³-hybridized carbons (Fsp3) is 0.500. The summed E-state index contributed by atoms with van der Waals surface area (Å²) in [6.45, 7) is 2.71. The molecule has 8 heteroatoms. The molecule has 1 N–H and O–H groups in total. The monoisotopic (exact) mass is 373 g/mol. The number of nitrogens with zero attached hydrogens (tertiary/aromatic N) is 4. The molecule has 0 atom stereocenters. The highest BCUT2D eigenvalue weighted by Gasteiger charge is 2.47. The van der Waals surface area contributed by atoms with Crippen molar-refractivity contribution < 1.29 is 9.59 Å². The number of likely N-dealkylation sites (N-methyl/N-ethyl adjacent to an activating group) is 1. The average molecular weight is 373 g/mol. The number of carbonyl (C=O) groups excluding carboxylic acids is 2. The number of likely N-dealkylation sites (tertiary alicyclic amines) is 1. The first kappa shape index (κ1) is 17.2. The lowest BCUT2D eigenvalue weighted by molar-refractivity contribution is -0.139. The Kier molecular flexibility index (Phi) is 4.32. The maximum absolute atomic E-state index is 13.0. The Hall–Kier alpha value is -2.19. The van der Waals surface area contributed by atoms with E-state index in [-0.39, 0.29) is 11.8 Å². The highest BCUT2D eigenvalue weighted by atomic mass is 32.1. The first-order valence-electron chi connectivity index (χ1n) is 8.88. The minimum Gasteiger partial charge on any atom is -0.353 e. The number of hydrogen-bond acceptors (Lipinski definition) is 5. The molecule has 7 nitrogen and oxygen atoms in total. The third kappa shape index (κ3) is 2.73. The maximum Gasteiger partial charge on any atom is 0.272 e. The van der Waals surface area contributed by atoms with E-state index < -0.39 is 5.54 Å². The van der Waals surface area contributed by atoms with Crippen LogP contribution in [0.15, 0.2) is 23.6 Å². The van der Waals surface area contributed by atoms with Crippen molar-refractivity contribution in [2.24, 2.45) is 7.05 Å². The van der Waals surface area contributed by atoms with Gasteiger partial charge in [0.1, 0.15) is 16.9 Å². The van der Waals surface area contributed by atoms with Crippen molar-refractivity contribution in [3.8, 4) is 10.6 Å². The van der Waals surface area contributed by atoms with Gasteiger partial charge >= 0.3 is 0 Å². The van der Waals surface area contributed by atoms with Crippen LogP contribution in [0.1, 0.15) is 23.3 Å². The average Bonchev–Trinajstić information content (AvgIpc) is 3.29. The normalized spacial score (nSPS) is 20.4. The highest BCUT2D eigenvalue weighted by Crippen LogP contribution is 2.31. The lowest BCUT2D eigenvalue weighted by Crippen LogP contribution is -2.67. The Bertz CT molecular complexity index is 821. The molecule has 138 valence electrons. The Labute approximate surface area is 156 Å². The molecule has 2 aliphatic rings. The molecule has 2 fully saturated rings. The van der Waals surface area contributed by atoms with Gasteiger partial charge < -0.3 is 10.2 Å². The zero-order valence-electron chi connectivity index (χ0n) is 15.1. The summed E-state index contributed by atoms with van der Waals surface area (Å²) in [5.41, 5.74) is 0.945. The van der Waals surface area contributed by atoms with E-state index in [2.05, 4.69) is 15.3 Å². The number of hydrogen-bond donors (Lipinski definition) is 1. The van der Waals surface area contributed by atoms with E-state index >= 15 is 0 Å². The first-order chi connectivity index (χ1) is 12.5. The summed E-state index contributed by atoms with van der Waals surface area (Å²) in [6.07, 6.45) is 1.33. The fourth-order valence-corrected chi connectivity index (χ4v) is 4.63. The van der Waals surface area contributed by atoms with Crippen LogP contribution in [0.2, 0.25) is 0 Å². The standard InChI is InChI=1S/C18H23N5O2S/c1-21-10-7-19-17(25)18(21)5-8-23(9-6-18)16(24)14-12-13(20-22(14)2)15-4-3-11-26-15/h3-4,11-12H,5-10H2,1-2H3,(H,19,25). The number of piperidine rings is 1. The third-order valence-electron chi connectivity index (χ3n) is 5.64. The topological polar surface area (TPSA) is 70.5 Å². The summed E-state index contributed by atoms with van der Waals surface area (Å²) in [5.74, 6) is 0.0791. The smallest absolute Gasteiger partial charge is 0.272 e. The van der Waals surface area contributed by atoms with Gasteiger partial charge in [-0.3, -0.25) is 19.2 Å². The minimum absolute atomic E-state index is 0.0171. The number of aromatic nitrogens is 2. The Balaban J connectivity index is 1.50. The van der Waals surface area contributed by atoms with E-state index in [4.69, 9.17) is 0 Å². The zero-order valence-corrected chi connectivity index (χ0v) is 15.9. The number of rotatable bonds is 2. The van der Waals surface area contributed by atoms with Crippen molar-refractivity contribution in [2.45, 2.75) is 18.4 Å². The molecule has 2 aliphatic heterocycles. The van der Waals surface area contributed by atoms with E-state index in [0.717, 1.165) is 17.1 Å². The summed E-state index contributed by atoms with van der Waals surface area (Å²) in [7, 11) is 3.81. The summed E-state index contributed by atoms with van der Waals surface area (Å²) >= 11 is 1.61. The van der Waals surface area contributed by atoms with Gasteiger partial charge in [0.15, 0.2) is 0 Å². The lowest BCUT2D eigenvalue weighted by Gasteiger charge is -2.48. The second-order valence-corrected chi connectivity index (χ2v) is 7.96. The van der Waals surface area contributed by atoms with E-state index in [1.54, 1.807) is 23.1 Å². The largest absolute Gasteiger partial charge is 0.353 e. The molecule has 4 heterocycles. The van der Waals surface area contributed by atoms with E-state index in [0.29, 0.717) is 38.2 Å². The van der Waals surface area contributed by atoms with Gasteiger partial charge in [0.2, 0.25) is 5.91 Å². The Morgan fingerprint density at radius 3 is 2.69 bits per heavy atom. The highest BCUT2D eigenvalue weighted by molar-refractivity contribution is 7.13. The van der Waals surface area contributed by atoms with Gasteiger partial charge in [-0.15, -0.1) is 11.3 Å². The van der Waals surface area contributed by atoms with Crippen molar-refractivity contribution in [2.75, 3.05) is 33.2 Å². The molecular weight excluding hydrogens is 350 g/mol. The predicted molar refractivity (Wildman–Crippen MR) is 100 cm³/mol. The number of carbonyl (C=O) groups is 2. The summed E-state index contributed by atoms with van der Waals surface area (Å²) in [5, 5.41) is 9.46. The van der Waals surface area contributed by atoms with Crippen molar-refractivity contribution in [1.29, 1.82) is 0 Å². The SMILES string of the molecule is CN1CCNC(=O)C12CCN(C(=O)c1cc(-c3cccs3)nn1C)CC2. The van der Waals surface area contributed by atoms with Crippen LogP contribution in [0.25, 0.3) is 10.6 Å². The Morgan fingerprint density at radius 1 is 1.27 bits per heavy atom. The molecular formula is C18H23N5O2S. The van der Waals surface area contributed by atoms with Gasteiger partial charge in [-0.25, -0.2) is 0 Å². The van der Waals surface area contributed by atoms with Crippen molar-refractivity contribution in [3.05, 3.63) is 29.3 Å². The van der Waals surface area contributed by atoms with Crippen LogP contribution in [0.3, 0.4) is 0 Å². The van der Waals surface area contributed by atoms with Gasteiger partial charge in [-0.2, -0.15) is 5.10 Å². The number of amides is 2. The molecule has 2 amide bonds. The maximum atomic E-state index is 13.0. The van der Waals surface area contributed by atoms with E-state index in [1.807, 2.05) is 35.5 Å². The van der Waals surface area contributed by atoms with E-state index in [1.165, 1.54) is 0 Å². The number of piperazine rings is 1. The van der Waals surface area contributed by atoms with Crippen molar-refractivity contribution in [1.82, 2.24) is 24.9 Å². The fourth-order valence-electron chi connectivity index (χ4n) is 3.95. The van der Waals surface area contributed by atoms with Gasteiger partial charge in [0.05, 0.1) is 4.88 Å². The van der Waals surface area contributed by atoms with Crippen LogP contribution in [0.5, 0.6) is 0 Å². The zero-order chi connectivity index (χ0) is 18.3. The molecule has 26 heavy (non-hydrogen) atoms. The predicted octanol–water partition coefficient (Wildman–Crippen LogP) is 1.19.